The van der Waals surface area contributed by atoms with Crippen molar-refractivity contribution in [3.63, 3.8) is 0 Å². The quantitative estimate of drug-likeness (QED) is 0.848. The molecule has 1 aliphatic heterocycles. The molecule has 0 radical (unpaired) electrons. The average molecular weight is 319 g/mol. The van der Waals surface area contributed by atoms with Gasteiger partial charge in [-0.1, -0.05) is 12.2 Å². The second-order valence-corrected chi connectivity index (χ2v) is 5.35. The molecule has 0 bridgehead atoms. The number of ether oxygens (including phenoxy) is 1. The van der Waals surface area contributed by atoms with Crippen molar-refractivity contribution in [2.24, 2.45) is 5.73 Å². The monoisotopic (exact) mass is 319 g/mol. The molecule has 21 heavy (non-hydrogen) atoms. The van der Waals surface area contributed by atoms with E-state index >= 15 is 0 Å². The van der Waals surface area contributed by atoms with Gasteiger partial charge >= 0.3 is 6.18 Å². The van der Waals surface area contributed by atoms with Crippen molar-refractivity contribution >= 4 is 23.0 Å². The number of anilines is 1. The number of hydrogen-bond donors (Lipinski definition) is 1. The molecule has 2 heterocycles. The van der Waals surface area contributed by atoms with E-state index in [0.717, 1.165) is 6.07 Å². The van der Waals surface area contributed by atoms with Gasteiger partial charge in [-0.05, 0) is 25.5 Å². The number of halogens is 3. The molecule has 1 atom stereocenters. The van der Waals surface area contributed by atoms with Crippen molar-refractivity contribution < 1.29 is 17.9 Å². The smallest absolute Gasteiger partial charge is 0.389 e. The van der Waals surface area contributed by atoms with Crippen LogP contribution in [0.2, 0.25) is 0 Å². The molecular weight excluding hydrogens is 303 g/mol. The Morgan fingerprint density at radius 2 is 2.19 bits per heavy atom. The maximum Gasteiger partial charge on any atom is 0.433 e. The summed E-state index contributed by atoms with van der Waals surface area (Å²) < 4.78 is 44.1. The lowest BCUT2D eigenvalue weighted by Crippen LogP contribution is -2.33. The zero-order chi connectivity index (χ0) is 15.6. The van der Waals surface area contributed by atoms with Crippen molar-refractivity contribution in [1.29, 1.82) is 0 Å². The van der Waals surface area contributed by atoms with E-state index < -0.39 is 11.9 Å². The highest BCUT2D eigenvalue weighted by atomic mass is 32.1. The first-order valence-electron chi connectivity index (χ1n) is 6.53. The Balaban J connectivity index is 2.44. The second kappa shape index (κ2) is 6.15. The minimum atomic E-state index is -4.50. The van der Waals surface area contributed by atoms with Crippen LogP contribution in [0.3, 0.4) is 0 Å². The molecule has 0 amide bonds. The summed E-state index contributed by atoms with van der Waals surface area (Å²) in [5, 5.41) is 0. The third-order valence-electron chi connectivity index (χ3n) is 3.18. The lowest BCUT2D eigenvalue weighted by atomic mass is 10.2. The Labute approximate surface area is 126 Å². The van der Waals surface area contributed by atoms with E-state index in [0.29, 0.717) is 31.7 Å². The number of rotatable bonds is 2. The SMILES string of the molecule is CC1CN(c2nc(C(F)(F)F)ccc2C(N)=S)CCCO1. The third kappa shape index (κ3) is 3.82. The molecule has 0 aliphatic carbocycles. The molecule has 8 heteroatoms. The van der Waals surface area contributed by atoms with Crippen LogP contribution in [0.5, 0.6) is 0 Å². The molecular formula is C13H16F3N3OS. The van der Waals surface area contributed by atoms with Gasteiger partial charge in [-0.25, -0.2) is 4.98 Å². The highest BCUT2D eigenvalue weighted by Crippen LogP contribution is 2.31. The summed E-state index contributed by atoms with van der Waals surface area (Å²) in [6, 6.07) is 2.18. The molecule has 1 fully saturated rings. The van der Waals surface area contributed by atoms with Crippen LogP contribution >= 0.6 is 12.2 Å². The van der Waals surface area contributed by atoms with E-state index in [4.69, 9.17) is 22.7 Å². The Kier molecular flexibility index (Phi) is 4.67. The largest absolute Gasteiger partial charge is 0.433 e. The van der Waals surface area contributed by atoms with Gasteiger partial charge in [0.15, 0.2) is 0 Å². The maximum absolute atomic E-state index is 12.9. The summed E-state index contributed by atoms with van der Waals surface area (Å²) >= 11 is 4.92. The van der Waals surface area contributed by atoms with E-state index in [1.807, 2.05) is 6.92 Å². The van der Waals surface area contributed by atoms with E-state index in [2.05, 4.69) is 4.98 Å². The first-order valence-corrected chi connectivity index (χ1v) is 6.94. The summed E-state index contributed by atoms with van der Waals surface area (Å²) in [6.45, 7) is 3.43. The van der Waals surface area contributed by atoms with Crippen LogP contribution in [-0.2, 0) is 10.9 Å². The summed E-state index contributed by atoms with van der Waals surface area (Å²) in [6.07, 6.45) is -3.89. The summed E-state index contributed by atoms with van der Waals surface area (Å²) in [7, 11) is 0. The molecule has 1 unspecified atom stereocenters. The highest BCUT2D eigenvalue weighted by molar-refractivity contribution is 7.80. The van der Waals surface area contributed by atoms with Crippen LogP contribution in [0.15, 0.2) is 12.1 Å². The normalized spacial score (nSPS) is 20.2. The van der Waals surface area contributed by atoms with E-state index in [9.17, 15) is 13.2 Å². The first-order chi connectivity index (χ1) is 9.79. The molecule has 4 nitrogen and oxygen atoms in total. The molecule has 2 rings (SSSR count). The molecule has 1 aromatic rings. The van der Waals surface area contributed by atoms with Gasteiger partial charge < -0.3 is 15.4 Å². The van der Waals surface area contributed by atoms with Crippen LogP contribution < -0.4 is 10.6 Å². The minimum absolute atomic E-state index is 0.0315. The van der Waals surface area contributed by atoms with Crippen molar-refractivity contribution in [1.82, 2.24) is 4.98 Å². The van der Waals surface area contributed by atoms with Crippen LogP contribution in [-0.4, -0.2) is 35.8 Å². The van der Waals surface area contributed by atoms with E-state index in [1.165, 1.54) is 6.07 Å². The number of thiocarbonyl (C=S) groups is 1. The fourth-order valence-corrected chi connectivity index (χ4v) is 2.39. The van der Waals surface area contributed by atoms with Crippen LogP contribution in [0.25, 0.3) is 0 Å². The van der Waals surface area contributed by atoms with Gasteiger partial charge in [0.1, 0.15) is 16.5 Å². The summed E-state index contributed by atoms with van der Waals surface area (Å²) in [4.78, 5) is 5.53. The van der Waals surface area contributed by atoms with Crippen molar-refractivity contribution in [3.8, 4) is 0 Å². The zero-order valence-electron chi connectivity index (χ0n) is 11.5. The Hall–Kier alpha value is -1.41. The summed E-state index contributed by atoms with van der Waals surface area (Å²) in [5.74, 6) is 0.176. The molecule has 0 saturated carbocycles. The lowest BCUT2D eigenvalue weighted by molar-refractivity contribution is -0.141. The fraction of sp³-hybridized carbons (Fsp3) is 0.538. The number of aromatic nitrogens is 1. The molecule has 2 N–H and O–H groups in total. The van der Waals surface area contributed by atoms with Crippen LogP contribution in [0, 0.1) is 0 Å². The topological polar surface area (TPSA) is 51.4 Å². The first kappa shape index (κ1) is 16.0. The van der Waals surface area contributed by atoms with Gasteiger partial charge in [0.05, 0.1) is 11.7 Å². The van der Waals surface area contributed by atoms with Gasteiger partial charge in [0.25, 0.3) is 0 Å². The second-order valence-electron chi connectivity index (χ2n) is 4.91. The molecule has 0 spiro atoms. The van der Waals surface area contributed by atoms with Crippen molar-refractivity contribution in [3.05, 3.63) is 23.4 Å². The predicted molar refractivity (Wildman–Crippen MR) is 77.4 cm³/mol. The standard InChI is InChI=1S/C13H16F3N3OS/c1-8-7-19(5-2-6-20-8)12-9(11(17)21)3-4-10(18-12)13(14,15)16/h3-4,8H,2,5-7H2,1H3,(H2,17,21). The Morgan fingerprint density at radius 1 is 1.48 bits per heavy atom. The molecule has 116 valence electrons. The maximum atomic E-state index is 12.9. The van der Waals surface area contributed by atoms with Gasteiger partial charge in [-0.3, -0.25) is 0 Å². The molecule has 1 aromatic heterocycles. The zero-order valence-corrected chi connectivity index (χ0v) is 12.3. The predicted octanol–water partition coefficient (Wildman–Crippen LogP) is 2.35. The third-order valence-corrected chi connectivity index (χ3v) is 3.40. The van der Waals surface area contributed by atoms with Gasteiger partial charge in [-0.15, -0.1) is 0 Å². The molecule has 1 aliphatic rings. The number of nitrogens with two attached hydrogens (primary N) is 1. The number of nitrogens with zero attached hydrogens (tertiary/aromatic N) is 2. The fourth-order valence-electron chi connectivity index (χ4n) is 2.23. The lowest BCUT2D eigenvalue weighted by Gasteiger charge is -2.26. The average Bonchev–Trinajstić information content (AvgIpc) is 2.61. The van der Waals surface area contributed by atoms with Crippen molar-refractivity contribution in [2.75, 3.05) is 24.6 Å². The number of alkyl halides is 3. The summed E-state index contributed by atoms with van der Waals surface area (Å²) in [5.41, 5.74) is 5.01. The highest BCUT2D eigenvalue weighted by Gasteiger charge is 2.34. The van der Waals surface area contributed by atoms with Crippen LogP contribution in [0.1, 0.15) is 24.6 Å². The Morgan fingerprint density at radius 3 is 2.81 bits per heavy atom. The van der Waals surface area contributed by atoms with Gasteiger partial charge in [-0.2, -0.15) is 13.2 Å². The van der Waals surface area contributed by atoms with Crippen molar-refractivity contribution in [2.45, 2.75) is 25.6 Å². The van der Waals surface area contributed by atoms with Gasteiger partial charge in [0.2, 0.25) is 0 Å². The minimum Gasteiger partial charge on any atom is -0.389 e. The molecule has 0 aromatic carbocycles. The Bertz CT molecular complexity index is 536. The number of pyridine rings is 1. The van der Waals surface area contributed by atoms with Crippen LogP contribution in [0.4, 0.5) is 19.0 Å². The van der Waals surface area contributed by atoms with E-state index in [-0.39, 0.29) is 16.9 Å². The molecule has 1 saturated heterocycles. The number of hydrogen-bond acceptors (Lipinski definition) is 4. The van der Waals surface area contributed by atoms with E-state index in [1.54, 1.807) is 4.90 Å². The van der Waals surface area contributed by atoms with Gasteiger partial charge in [0, 0.05) is 19.7 Å².